The maximum absolute atomic E-state index is 12.7. The summed E-state index contributed by atoms with van der Waals surface area (Å²) in [6.45, 7) is 2.03. The molecule has 3 aromatic rings. The zero-order valence-corrected chi connectivity index (χ0v) is 14.7. The molecule has 0 spiro atoms. The Morgan fingerprint density at radius 2 is 1.56 bits per heavy atom. The molecule has 0 aliphatic heterocycles. The van der Waals surface area contributed by atoms with E-state index in [1.807, 2.05) is 42.5 Å². The second-order valence-corrected chi connectivity index (χ2v) is 5.85. The molecule has 0 aliphatic rings. The normalized spacial score (nSPS) is 11.9. The van der Waals surface area contributed by atoms with E-state index in [0.29, 0.717) is 11.5 Å². The van der Waals surface area contributed by atoms with Crippen molar-refractivity contribution in [2.75, 3.05) is 6.61 Å². The molecule has 0 saturated heterocycles. The largest absolute Gasteiger partial charge is 0.490 e. The van der Waals surface area contributed by atoms with Crippen molar-refractivity contribution in [3.05, 3.63) is 78.5 Å². The second kappa shape index (κ2) is 8.98. The Morgan fingerprint density at radius 1 is 0.889 bits per heavy atom. The van der Waals surface area contributed by atoms with Gasteiger partial charge in [-0.25, -0.2) is 13.8 Å². The van der Waals surface area contributed by atoms with Crippen molar-refractivity contribution in [3.8, 4) is 23.1 Å². The molecule has 2 aromatic carbocycles. The SMILES string of the molecule is CC(COc1ccc(Oc2ccccc2)cc1)Oc1cc(C(F)F)ccn1. The molecule has 3 rings (SSSR count). The first-order chi connectivity index (χ1) is 13.1. The van der Waals surface area contributed by atoms with Crippen LogP contribution in [0.3, 0.4) is 0 Å². The number of nitrogens with zero attached hydrogens (tertiary/aromatic N) is 1. The zero-order chi connectivity index (χ0) is 19.1. The minimum atomic E-state index is -2.56. The average Bonchev–Trinajstić information content (AvgIpc) is 2.68. The van der Waals surface area contributed by atoms with E-state index in [1.54, 1.807) is 19.1 Å². The summed E-state index contributed by atoms with van der Waals surface area (Å²) in [5.41, 5.74) is -0.123. The van der Waals surface area contributed by atoms with Gasteiger partial charge < -0.3 is 14.2 Å². The molecule has 1 atom stereocenters. The molecule has 140 valence electrons. The van der Waals surface area contributed by atoms with Crippen LogP contribution in [0.5, 0.6) is 23.1 Å². The van der Waals surface area contributed by atoms with E-state index in [9.17, 15) is 8.78 Å². The van der Waals surface area contributed by atoms with Gasteiger partial charge in [0, 0.05) is 17.8 Å². The first-order valence-electron chi connectivity index (χ1n) is 8.46. The van der Waals surface area contributed by atoms with Crippen molar-refractivity contribution < 1.29 is 23.0 Å². The van der Waals surface area contributed by atoms with E-state index >= 15 is 0 Å². The molecule has 0 N–H and O–H groups in total. The van der Waals surface area contributed by atoms with Gasteiger partial charge in [-0.05, 0) is 49.4 Å². The highest BCUT2D eigenvalue weighted by atomic mass is 19.3. The molecule has 0 fully saturated rings. The van der Waals surface area contributed by atoms with Crippen molar-refractivity contribution in [1.82, 2.24) is 4.98 Å². The standard InChI is InChI=1S/C21H19F2NO3/c1-15(26-20-13-16(21(22)23)11-12-24-20)14-25-17-7-9-19(10-8-17)27-18-5-3-2-4-6-18/h2-13,15,21H,14H2,1H3. The van der Waals surface area contributed by atoms with Crippen LogP contribution in [0.2, 0.25) is 0 Å². The lowest BCUT2D eigenvalue weighted by molar-refractivity contribution is 0.134. The fraction of sp³-hybridized carbons (Fsp3) is 0.190. The van der Waals surface area contributed by atoms with E-state index < -0.39 is 6.43 Å². The van der Waals surface area contributed by atoms with Gasteiger partial charge in [-0.2, -0.15) is 0 Å². The van der Waals surface area contributed by atoms with Crippen LogP contribution in [0.25, 0.3) is 0 Å². The monoisotopic (exact) mass is 371 g/mol. The lowest BCUT2D eigenvalue weighted by atomic mass is 10.3. The first kappa shape index (κ1) is 18.6. The fourth-order valence-electron chi connectivity index (χ4n) is 2.31. The van der Waals surface area contributed by atoms with Gasteiger partial charge in [0.1, 0.15) is 30.0 Å². The van der Waals surface area contributed by atoms with Crippen molar-refractivity contribution in [2.24, 2.45) is 0 Å². The van der Waals surface area contributed by atoms with Crippen LogP contribution in [-0.4, -0.2) is 17.7 Å². The molecule has 0 bridgehead atoms. The molecule has 1 unspecified atom stereocenters. The summed E-state index contributed by atoms with van der Waals surface area (Å²) < 4.78 is 42.3. The number of benzene rings is 2. The Kier molecular flexibility index (Phi) is 6.20. The first-order valence-corrected chi connectivity index (χ1v) is 8.46. The predicted octanol–water partition coefficient (Wildman–Crippen LogP) is 5.66. The number of hydrogen-bond acceptors (Lipinski definition) is 4. The molecule has 6 heteroatoms. The third-order valence-corrected chi connectivity index (χ3v) is 3.62. The molecule has 27 heavy (non-hydrogen) atoms. The lowest BCUT2D eigenvalue weighted by Crippen LogP contribution is -2.21. The highest BCUT2D eigenvalue weighted by molar-refractivity contribution is 5.35. The molecule has 0 radical (unpaired) electrons. The Bertz CT molecular complexity index is 842. The Morgan fingerprint density at radius 3 is 2.26 bits per heavy atom. The minimum absolute atomic E-state index is 0.123. The van der Waals surface area contributed by atoms with E-state index in [2.05, 4.69) is 4.98 Å². The Labute approximate surface area is 156 Å². The number of ether oxygens (including phenoxy) is 3. The average molecular weight is 371 g/mol. The number of rotatable bonds is 8. The van der Waals surface area contributed by atoms with Crippen LogP contribution in [0.1, 0.15) is 18.9 Å². The summed E-state index contributed by atoms with van der Waals surface area (Å²) in [5.74, 6) is 2.26. The van der Waals surface area contributed by atoms with Gasteiger partial charge in [-0.1, -0.05) is 18.2 Å². The molecule has 1 heterocycles. The van der Waals surface area contributed by atoms with Crippen molar-refractivity contribution in [3.63, 3.8) is 0 Å². The van der Waals surface area contributed by atoms with E-state index in [-0.39, 0.29) is 24.2 Å². The summed E-state index contributed by atoms with van der Waals surface area (Å²) in [5, 5.41) is 0. The van der Waals surface area contributed by atoms with Gasteiger partial charge in [0.05, 0.1) is 0 Å². The molecule has 0 saturated carbocycles. The number of aromatic nitrogens is 1. The summed E-state index contributed by atoms with van der Waals surface area (Å²) >= 11 is 0. The summed E-state index contributed by atoms with van der Waals surface area (Å²) in [4.78, 5) is 3.94. The van der Waals surface area contributed by atoms with Crippen LogP contribution in [0.15, 0.2) is 72.9 Å². The van der Waals surface area contributed by atoms with Gasteiger partial charge in [0.15, 0.2) is 0 Å². The number of para-hydroxylation sites is 1. The zero-order valence-electron chi connectivity index (χ0n) is 14.7. The van der Waals surface area contributed by atoms with Gasteiger partial charge in [-0.3, -0.25) is 0 Å². The van der Waals surface area contributed by atoms with E-state index in [4.69, 9.17) is 14.2 Å². The smallest absolute Gasteiger partial charge is 0.264 e. The summed E-state index contributed by atoms with van der Waals surface area (Å²) in [6.07, 6.45) is -1.61. The molecular formula is C21H19F2NO3. The Balaban J connectivity index is 1.50. The Hall–Kier alpha value is -3.15. The topological polar surface area (TPSA) is 40.6 Å². The predicted molar refractivity (Wildman–Crippen MR) is 97.7 cm³/mol. The number of hydrogen-bond donors (Lipinski definition) is 0. The summed E-state index contributed by atoms with van der Waals surface area (Å²) in [7, 11) is 0. The highest BCUT2D eigenvalue weighted by Crippen LogP contribution is 2.24. The van der Waals surface area contributed by atoms with Crippen LogP contribution in [0.4, 0.5) is 8.78 Å². The van der Waals surface area contributed by atoms with Crippen LogP contribution in [0, 0.1) is 0 Å². The number of pyridine rings is 1. The number of alkyl halides is 2. The van der Waals surface area contributed by atoms with Crippen molar-refractivity contribution in [2.45, 2.75) is 19.5 Å². The minimum Gasteiger partial charge on any atom is -0.490 e. The van der Waals surface area contributed by atoms with Crippen molar-refractivity contribution >= 4 is 0 Å². The maximum Gasteiger partial charge on any atom is 0.264 e. The highest BCUT2D eigenvalue weighted by Gasteiger charge is 2.11. The molecule has 1 aromatic heterocycles. The fourth-order valence-corrected chi connectivity index (χ4v) is 2.31. The quantitative estimate of drug-likeness (QED) is 0.512. The molecule has 4 nitrogen and oxygen atoms in total. The second-order valence-electron chi connectivity index (χ2n) is 5.85. The van der Waals surface area contributed by atoms with Crippen LogP contribution in [-0.2, 0) is 0 Å². The van der Waals surface area contributed by atoms with E-state index in [0.717, 1.165) is 5.75 Å². The molecular weight excluding hydrogens is 352 g/mol. The van der Waals surface area contributed by atoms with Crippen LogP contribution < -0.4 is 14.2 Å². The van der Waals surface area contributed by atoms with Gasteiger partial charge >= 0.3 is 0 Å². The van der Waals surface area contributed by atoms with Crippen molar-refractivity contribution in [1.29, 1.82) is 0 Å². The van der Waals surface area contributed by atoms with Crippen LogP contribution >= 0.6 is 0 Å². The van der Waals surface area contributed by atoms with Gasteiger partial charge in [0.25, 0.3) is 6.43 Å². The van der Waals surface area contributed by atoms with Gasteiger partial charge in [-0.15, -0.1) is 0 Å². The number of halogens is 2. The maximum atomic E-state index is 12.7. The van der Waals surface area contributed by atoms with E-state index in [1.165, 1.54) is 18.3 Å². The summed E-state index contributed by atoms with van der Waals surface area (Å²) in [6, 6.07) is 19.2. The molecule has 0 aliphatic carbocycles. The van der Waals surface area contributed by atoms with Gasteiger partial charge in [0.2, 0.25) is 5.88 Å². The lowest BCUT2D eigenvalue weighted by Gasteiger charge is -2.15. The third-order valence-electron chi connectivity index (χ3n) is 3.62. The molecule has 0 amide bonds. The third kappa shape index (κ3) is 5.67.